The Morgan fingerprint density at radius 2 is 1.69 bits per heavy atom. The summed E-state index contributed by atoms with van der Waals surface area (Å²) in [6.45, 7) is 1.64. The fourth-order valence-corrected chi connectivity index (χ4v) is 3.21. The first kappa shape index (κ1) is 23.4. The van der Waals surface area contributed by atoms with Crippen LogP contribution in [0.1, 0.15) is 22.8 Å². The van der Waals surface area contributed by atoms with Gasteiger partial charge in [0, 0.05) is 21.8 Å². The van der Waals surface area contributed by atoms with Crippen molar-refractivity contribution in [3.05, 3.63) is 87.9 Å². The van der Waals surface area contributed by atoms with Gasteiger partial charge in [0.15, 0.2) is 6.10 Å². The first-order chi connectivity index (χ1) is 15.4. The summed E-state index contributed by atoms with van der Waals surface area (Å²) >= 11 is 12.1. The number of methoxy groups -OCH3 is 1. The zero-order chi connectivity index (χ0) is 23.1. The highest BCUT2D eigenvalue weighted by atomic mass is 35.5. The molecule has 32 heavy (non-hydrogen) atoms. The topological polar surface area (TPSA) is 73.9 Å². The third-order valence-corrected chi connectivity index (χ3v) is 5.16. The van der Waals surface area contributed by atoms with Crippen LogP contribution >= 0.6 is 23.2 Å². The number of hydrogen-bond acceptors (Lipinski definition) is 5. The highest BCUT2D eigenvalue weighted by Gasteiger charge is 2.17. The van der Waals surface area contributed by atoms with Gasteiger partial charge in [-0.3, -0.25) is 4.79 Å². The summed E-state index contributed by atoms with van der Waals surface area (Å²) in [6, 6.07) is 18.5. The smallest absolute Gasteiger partial charge is 0.347 e. The first-order valence-corrected chi connectivity index (χ1v) is 10.4. The maximum absolute atomic E-state index is 12.5. The van der Waals surface area contributed by atoms with Gasteiger partial charge in [0.25, 0.3) is 5.91 Å². The molecule has 0 aromatic heterocycles. The fraction of sp³-hybridized carbons (Fsp3) is 0.167. The predicted molar refractivity (Wildman–Crippen MR) is 124 cm³/mol. The molecule has 166 valence electrons. The molecule has 6 nitrogen and oxygen atoms in total. The van der Waals surface area contributed by atoms with E-state index in [4.69, 9.17) is 37.4 Å². The largest absolute Gasteiger partial charge is 0.495 e. The molecule has 1 N–H and O–H groups in total. The van der Waals surface area contributed by atoms with Crippen LogP contribution in [0.4, 0.5) is 5.69 Å². The van der Waals surface area contributed by atoms with E-state index >= 15 is 0 Å². The number of ether oxygens (including phenoxy) is 3. The molecular formula is C24H21Cl2NO5. The number of nitrogens with one attached hydrogen (secondary N) is 1. The zero-order valence-corrected chi connectivity index (χ0v) is 18.9. The Morgan fingerprint density at radius 3 is 2.34 bits per heavy atom. The molecule has 3 rings (SSSR count). The molecule has 0 saturated heterocycles. The number of hydrogen-bond donors (Lipinski definition) is 1. The highest BCUT2D eigenvalue weighted by molar-refractivity contribution is 6.32. The summed E-state index contributed by atoms with van der Waals surface area (Å²) < 4.78 is 16.0. The Bertz CT molecular complexity index is 1100. The number of amides is 1. The van der Waals surface area contributed by atoms with Crippen molar-refractivity contribution in [1.29, 1.82) is 0 Å². The lowest BCUT2D eigenvalue weighted by Gasteiger charge is -2.15. The van der Waals surface area contributed by atoms with Crippen molar-refractivity contribution in [1.82, 2.24) is 0 Å². The number of halogens is 2. The second-order valence-corrected chi connectivity index (χ2v) is 7.60. The number of carbonyl (C=O) groups excluding carboxylic acids is 2. The first-order valence-electron chi connectivity index (χ1n) is 9.69. The SMILES string of the molecule is COc1ccc(NC(=O)c2ccc(O[C@@H](C)C(=O)OCc3ccccc3Cl)cc2)cc1Cl. The summed E-state index contributed by atoms with van der Waals surface area (Å²) in [5, 5.41) is 3.68. The minimum absolute atomic E-state index is 0.0562. The lowest BCUT2D eigenvalue weighted by atomic mass is 10.2. The lowest BCUT2D eigenvalue weighted by molar-refractivity contribution is -0.152. The molecule has 0 saturated carbocycles. The van der Waals surface area contributed by atoms with Gasteiger partial charge >= 0.3 is 5.97 Å². The Labute approximate surface area is 196 Å². The Hall–Kier alpha value is -3.22. The van der Waals surface area contributed by atoms with Crippen molar-refractivity contribution >= 4 is 40.8 Å². The quantitative estimate of drug-likeness (QED) is 0.420. The van der Waals surface area contributed by atoms with Gasteiger partial charge in [-0.25, -0.2) is 4.79 Å². The van der Waals surface area contributed by atoms with Crippen LogP contribution in [0.25, 0.3) is 0 Å². The number of carbonyl (C=O) groups is 2. The molecule has 0 radical (unpaired) electrons. The van der Waals surface area contributed by atoms with E-state index in [1.807, 2.05) is 6.07 Å². The summed E-state index contributed by atoms with van der Waals surface area (Å²) in [7, 11) is 1.52. The summed E-state index contributed by atoms with van der Waals surface area (Å²) in [5.74, 6) is 0.107. The number of esters is 1. The van der Waals surface area contributed by atoms with Crippen molar-refractivity contribution in [2.75, 3.05) is 12.4 Å². The number of rotatable bonds is 8. The Kier molecular flexibility index (Phi) is 7.98. The molecule has 8 heteroatoms. The molecule has 0 aliphatic carbocycles. The fourth-order valence-electron chi connectivity index (χ4n) is 2.77. The summed E-state index contributed by atoms with van der Waals surface area (Å²) in [5.41, 5.74) is 1.66. The molecule has 0 aliphatic heterocycles. The zero-order valence-electron chi connectivity index (χ0n) is 17.4. The van der Waals surface area contributed by atoms with E-state index in [-0.39, 0.29) is 12.5 Å². The molecule has 0 bridgehead atoms. The number of benzene rings is 3. The van der Waals surface area contributed by atoms with Crippen LogP contribution in [0.15, 0.2) is 66.7 Å². The number of anilines is 1. The van der Waals surface area contributed by atoms with Crippen LogP contribution in [0, 0.1) is 0 Å². The normalized spacial score (nSPS) is 11.4. The van der Waals surface area contributed by atoms with Crippen LogP contribution < -0.4 is 14.8 Å². The molecule has 3 aromatic carbocycles. The van der Waals surface area contributed by atoms with Gasteiger partial charge in [-0.05, 0) is 55.5 Å². The molecular weight excluding hydrogens is 453 g/mol. The van der Waals surface area contributed by atoms with Crippen molar-refractivity contribution in [3.8, 4) is 11.5 Å². The summed E-state index contributed by atoms with van der Waals surface area (Å²) in [6.07, 6.45) is -0.835. The van der Waals surface area contributed by atoms with E-state index < -0.39 is 12.1 Å². The minimum atomic E-state index is -0.835. The van der Waals surface area contributed by atoms with E-state index in [2.05, 4.69) is 5.32 Å². The van der Waals surface area contributed by atoms with E-state index in [9.17, 15) is 9.59 Å². The van der Waals surface area contributed by atoms with Gasteiger partial charge in [-0.15, -0.1) is 0 Å². The molecule has 0 aliphatic rings. The van der Waals surface area contributed by atoms with E-state index in [0.717, 1.165) is 0 Å². The van der Waals surface area contributed by atoms with Crippen LogP contribution in [0.5, 0.6) is 11.5 Å². The van der Waals surface area contributed by atoms with Gasteiger partial charge in [-0.1, -0.05) is 41.4 Å². The van der Waals surface area contributed by atoms with Crippen molar-refractivity contribution in [3.63, 3.8) is 0 Å². The van der Waals surface area contributed by atoms with Crippen LogP contribution in [0.2, 0.25) is 10.0 Å². The second kappa shape index (κ2) is 10.9. The maximum Gasteiger partial charge on any atom is 0.347 e. The maximum atomic E-state index is 12.5. The molecule has 1 amide bonds. The van der Waals surface area contributed by atoms with Crippen molar-refractivity contribution < 1.29 is 23.8 Å². The molecule has 3 aromatic rings. The average Bonchev–Trinajstić information content (AvgIpc) is 2.79. The average molecular weight is 474 g/mol. The van der Waals surface area contributed by atoms with Crippen molar-refractivity contribution in [2.45, 2.75) is 19.6 Å². The molecule has 1 atom stereocenters. The second-order valence-electron chi connectivity index (χ2n) is 6.79. The van der Waals surface area contributed by atoms with Gasteiger partial charge < -0.3 is 19.5 Å². The highest BCUT2D eigenvalue weighted by Crippen LogP contribution is 2.27. The Morgan fingerprint density at radius 1 is 0.969 bits per heavy atom. The Balaban J connectivity index is 1.54. The van der Waals surface area contributed by atoms with E-state index in [1.165, 1.54) is 7.11 Å². The predicted octanol–water partition coefficient (Wildman–Crippen LogP) is 5.77. The van der Waals surface area contributed by atoms with Gasteiger partial charge in [0.1, 0.15) is 18.1 Å². The lowest BCUT2D eigenvalue weighted by Crippen LogP contribution is -2.26. The third-order valence-electron chi connectivity index (χ3n) is 4.50. The molecule has 0 spiro atoms. The third kappa shape index (κ3) is 6.15. The standard InChI is InChI=1S/C24H21Cl2NO5/c1-15(24(29)31-14-17-5-3-4-6-20(17)25)32-19-10-7-16(8-11-19)23(28)27-18-9-12-22(30-2)21(26)13-18/h3-13,15H,14H2,1-2H3,(H,27,28)/t15-/m0/s1. The molecule has 0 fully saturated rings. The van der Waals surface area contributed by atoms with Crippen LogP contribution in [0.3, 0.4) is 0 Å². The van der Waals surface area contributed by atoms with Gasteiger partial charge in [0.2, 0.25) is 0 Å². The van der Waals surface area contributed by atoms with Crippen LogP contribution in [-0.4, -0.2) is 25.1 Å². The monoisotopic (exact) mass is 473 g/mol. The van der Waals surface area contributed by atoms with Crippen molar-refractivity contribution in [2.24, 2.45) is 0 Å². The van der Waals surface area contributed by atoms with Gasteiger partial charge in [0.05, 0.1) is 12.1 Å². The summed E-state index contributed by atoms with van der Waals surface area (Å²) in [4.78, 5) is 24.7. The van der Waals surface area contributed by atoms with E-state index in [0.29, 0.717) is 38.4 Å². The molecule has 0 unspecified atom stereocenters. The molecule has 0 heterocycles. The van der Waals surface area contributed by atoms with E-state index in [1.54, 1.807) is 67.6 Å². The minimum Gasteiger partial charge on any atom is -0.495 e. The van der Waals surface area contributed by atoms with Gasteiger partial charge in [-0.2, -0.15) is 0 Å². The van der Waals surface area contributed by atoms with Crippen LogP contribution in [-0.2, 0) is 16.1 Å².